The molecule has 0 saturated carbocycles. The van der Waals surface area contributed by atoms with E-state index in [0.717, 1.165) is 6.54 Å². The molecule has 0 unspecified atom stereocenters. The maximum Gasteiger partial charge on any atom is 0.394 e. The van der Waals surface area contributed by atoms with Crippen LogP contribution in [0.1, 0.15) is 12.5 Å². The zero-order chi connectivity index (χ0) is 12.4. The van der Waals surface area contributed by atoms with Crippen LogP contribution in [0.5, 0.6) is 0 Å². The van der Waals surface area contributed by atoms with Gasteiger partial charge in [0.1, 0.15) is 0 Å². The highest BCUT2D eigenvalue weighted by atomic mass is 32.3. The summed E-state index contributed by atoms with van der Waals surface area (Å²) in [4.78, 5) is 4.99. The van der Waals surface area contributed by atoms with Crippen molar-refractivity contribution in [3.05, 3.63) is 35.9 Å². The van der Waals surface area contributed by atoms with Crippen LogP contribution in [-0.2, 0) is 21.8 Å². The van der Waals surface area contributed by atoms with Gasteiger partial charge in [0.15, 0.2) is 0 Å². The smallest absolute Gasteiger partial charge is 0.302 e. The number of rotatable bonds is 4. The topological polar surface area (TPSA) is 95.9 Å². The van der Waals surface area contributed by atoms with Crippen LogP contribution in [0, 0.1) is 0 Å². The van der Waals surface area contributed by atoms with Gasteiger partial charge >= 0.3 is 10.4 Å². The highest BCUT2D eigenvalue weighted by Crippen LogP contribution is 1.96. The highest BCUT2D eigenvalue weighted by molar-refractivity contribution is 7.79. The van der Waals surface area contributed by atoms with E-state index >= 15 is 0 Å². The standard InChI is InChI=1S/C9H13NO.H2O4S/c1-2-11-10-8-9-6-4-3-5-7-9;1-5(2,3)4/h3-7,10H,2,8H2,1H3;(H2,1,2,3,4). The van der Waals surface area contributed by atoms with E-state index in [1.165, 1.54) is 5.56 Å². The monoisotopic (exact) mass is 249 g/mol. The van der Waals surface area contributed by atoms with Gasteiger partial charge in [0, 0.05) is 6.54 Å². The molecule has 0 bridgehead atoms. The van der Waals surface area contributed by atoms with Gasteiger partial charge in [-0.25, -0.2) is 0 Å². The number of hydrogen-bond donors (Lipinski definition) is 3. The molecule has 6 nitrogen and oxygen atoms in total. The van der Waals surface area contributed by atoms with Gasteiger partial charge in [0.25, 0.3) is 0 Å². The van der Waals surface area contributed by atoms with Crippen molar-refractivity contribution in [1.82, 2.24) is 5.48 Å². The molecule has 3 N–H and O–H groups in total. The van der Waals surface area contributed by atoms with Crippen LogP contribution in [0.15, 0.2) is 30.3 Å². The van der Waals surface area contributed by atoms with Gasteiger partial charge in [0.05, 0.1) is 6.61 Å². The van der Waals surface area contributed by atoms with Crippen LogP contribution in [0.3, 0.4) is 0 Å². The molecule has 0 aliphatic rings. The van der Waals surface area contributed by atoms with E-state index in [2.05, 4.69) is 17.6 Å². The maximum absolute atomic E-state index is 8.74. The first-order chi connectivity index (χ1) is 7.43. The van der Waals surface area contributed by atoms with Crippen molar-refractivity contribution in [1.29, 1.82) is 0 Å². The largest absolute Gasteiger partial charge is 0.394 e. The van der Waals surface area contributed by atoms with E-state index in [4.69, 9.17) is 22.4 Å². The fourth-order valence-electron chi connectivity index (χ4n) is 0.832. The van der Waals surface area contributed by atoms with Crippen LogP contribution >= 0.6 is 0 Å². The predicted molar refractivity (Wildman–Crippen MR) is 59.1 cm³/mol. The lowest BCUT2D eigenvalue weighted by Gasteiger charge is -2.02. The second kappa shape index (κ2) is 8.20. The summed E-state index contributed by atoms with van der Waals surface area (Å²) in [7, 11) is -4.67. The Labute approximate surface area is 94.8 Å². The number of hydrogen-bond acceptors (Lipinski definition) is 4. The molecule has 0 aromatic heterocycles. The first-order valence-corrected chi connectivity index (χ1v) is 5.91. The molecule has 16 heavy (non-hydrogen) atoms. The SMILES string of the molecule is CCONCc1ccccc1.O=S(=O)(O)O. The molecule has 0 fully saturated rings. The minimum absolute atomic E-state index is 0.701. The molecule has 0 radical (unpaired) electrons. The summed E-state index contributed by atoms with van der Waals surface area (Å²) in [5, 5.41) is 0. The molecule has 92 valence electrons. The minimum Gasteiger partial charge on any atom is -0.302 e. The second-order valence-electron chi connectivity index (χ2n) is 2.69. The molecule has 0 spiro atoms. The predicted octanol–water partition coefficient (Wildman–Crippen LogP) is 1.07. The summed E-state index contributed by atoms with van der Waals surface area (Å²) in [5.74, 6) is 0. The Morgan fingerprint density at radius 2 is 1.75 bits per heavy atom. The van der Waals surface area contributed by atoms with Crippen LogP contribution in [-0.4, -0.2) is 24.1 Å². The Hall–Kier alpha value is -0.990. The average molecular weight is 249 g/mol. The number of benzene rings is 1. The third kappa shape index (κ3) is 13.0. The minimum atomic E-state index is -4.67. The molecular weight excluding hydrogens is 234 g/mol. The van der Waals surface area contributed by atoms with Gasteiger partial charge in [-0.05, 0) is 12.5 Å². The summed E-state index contributed by atoms with van der Waals surface area (Å²) in [6, 6.07) is 10.2. The Morgan fingerprint density at radius 1 is 1.25 bits per heavy atom. The normalized spacial score (nSPS) is 10.4. The molecular formula is C9H15NO5S. The third-order valence-corrected chi connectivity index (χ3v) is 1.37. The van der Waals surface area contributed by atoms with Crippen molar-refractivity contribution in [2.45, 2.75) is 13.5 Å². The molecule has 1 aromatic rings. The summed E-state index contributed by atoms with van der Waals surface area (Å²) in [6.45, 7) is 3.43. The van der Waals surface area contributed by atoms with Gasteiger partial charge in [0.2, 0.25) is 0 Å². The first kappa shape index (κ1) is 15.0. The quantitative estimate of drug-likeness (QED) is 0.420. The van der Waals surface area contributed by atoms with Gasteiger partial charge in [-0.15, -0.1) is 0 Å². The maximum atomic E-state index is 8.74. The van der Waals surface area contributed by atoms with Gasteiger partial charge in [-0.2, -0.15) is 13.9 Å². The van der Waals surface area contributed by atoms with E-state index in [0.29, 0.717) is 6.61 Å². The van der Waals surface area contributed by atoms with Crippen molar-refractivity contribution in [2.24, 2.45) is 0 Å². The number of nitrogens with one attached hydrogen (secondary N) is 1. The summed E-state index contributed by atoms with van der Waals surface area (Å²) in [5.41, 5.74) is 4.09. The van der Waals surface area contributed by atoms with E-state index in [9.17, 15) is 0 Å². The van der Waals surface area contributed by atoms with E-state index in [1.807, 2.05) is 25.1 Å². The van der Waals surface area contributed by atoms with Crippen molar-refractivity contribution >= 4 is 10.4 Å². The summed E-state index contributed by atoms with van der Waals surface area (Å²) >= 11 is 0. The highest BCUT2D eigenvalue weighted by Gasteiger charge is 1.87. The van der Waals surface area contributed by atoms with E-state index in [1.54, 1.807) is 0 Å². The zero-order valence-electron chi connectivity index (χ0n) is 8.83. The van der Waals surface area contributed by atoms with Crippen molar-refractivity contribution < 1.29 is 22.4 Å². The van der Waals surface area contributed by atoms with E-state index < -0.39 is 10.4 Å². The molecule has 0 aliphatic carbocycles. The summed E-state index contributed by atoms with van der Waals surface area (Å²) < 4.78 is 31.6. The lowest BCUT2D eigenvalue weighted by atomic mass is 10.2. The van der Waals surface area contributed by atoms with Crippen LogP contribution in [0.25, 0.3) is 0 Å². The van der Waals surface area contributed by atoms with Gasteiger partial charge in [-0.1, -0.05) is 30.3 Å². The first-order valence-electron chi connectivity index (χ1n) is 4.52. The third-order valence-electron chi connectivity index (χ3n) is 1.37. The van der Waals surface area contributed by atoms with Crippen molar-refractivity contribution in [3.63, 3.8) is 0 Å². The second-order valence-corrected chi connectivity index (χ2v) is 3.58. The Kier molecular flexibility index (Phi) is 7.69. The average Bonchev–Trinajstić information content (AvgIpc) is 2.17. The van der Waals surface area contributed by atoms with Crippen molar-refractivity contribution in [3.8, 4) is 0 Å². The zero-order valence-corrected chi connectivity index (χ0v) is 9.64. The van der Waals surface area contributed by atoms with E-state index in [-0.39, 0.29) is 0 Å². The van der Waals surface area contributed by atoms with Gasteiger partial charge < -0.3 is 4.84 Å². The molecule has 7 heteroatoms. The van der Waals surface area contributed by atoms with Crippen LogP contribution < -0.4 is 5.48 Å². The van der Waals surface area contributed by atoms with Crippen LogP contribution in [0.4, 0.5) is 0 Å². The molecule has 1 rings (SSSR count). The van der Waals surface area contributed by atoms with Crippen LogP contribution in [0.2, 0.25) is 0 Å². The summed E-state index contributed by atoms with van der Waals surface area (Å²) in [6.07, 6.45) is 0. The Bertz CT molecular complexity index is 357. The molecule has 0 amide bonds. The van der Waals surface area contributed by atoms with Crippen molar-refractivity contribution in [2.75, 3.05) is 6.61 Å². The van der Waals surface area contributed by atoms with Gasteiger partial charge in [-0.3, -0.25) is 9.11 Å². The molecule has 0 aliphatic heterocycles. The lowest BCUT2D eigenvalue weighted by molar-refractivity contribution is 0.0463. The Balaban J connectivity index is 0.000000385. The fraction of sp³-hybridized carbons (Fsp3) is 0.333. The Morgan fingerprint density at radius 3 is 2.19 bits per heavy atom. The molecule has 0 atom stereocenters. The number of hydroxylamine groups is 1. The lowest BCUT2D eigenvalue weighted by Crippen LogP contribution is -2.13. The molecule has 0 saturated heterocycles. The fourth-order valence-corrected chi connectivity index (χ4v) is 0.832. The molecule has 0 heterocycles. The molecule has 1 aromatic carbocycles.